The lowest BCUT2D eigenvalue weighted by atomic mass is 9.97. The largest absolute Gasteiger partial charge is 0.496 e. The van der Waals surface area contributed by atoms with E-state index in [1.54, 1.807) is 12.1 Å². The molecule has 1 fully saturated rings. The Morgan fingerprint density at radius 1 is 1.45 bits per heavy atom. The lowest BCUT2D eigenvalue weighted by Gasteiger charge is -2.28. The van der Waals surface area contributed by atoms with E-state index in [0.29, 0.717) is 17.4 Å². The van der Waals surface area contributed by atoms with E-state index in [9.17, 15) is 10.1 Å². The molecule has 6 nitrogen and oxygen atoms in total. The van der Waals surface area contributed by atoms with Crippen LogP contribution in [0.25, 0.3) is 0 Å². The van der Waals surface area contributed by atoms with Crippen molar-refractivity contribution in [2.45, 2.75) is 12.8 Å². The van der Waals surface area contributed by atoms with Gasteiger partial charge in [0.15, 0.2) is 0 Å². The Bertz CT molecular complexity index is 473. The molecule has 0 amide bonds. The smallest absolute Gasteiger partial charge is 0.296 e. The predicted molar refractivity (Wildman–Crippen MR) is 78.5 cm³/mol. The van der Waals surface area contributed by atoms with E-state index in [-0.39, 0.29) is 10.6 Å². The predicted octanol–water partition coefficient (Wildman–Crippen LogP) is 2.04. The fraction of sp³-hybridized carbons (Fsp3) is 0.571. The number of nitro groups is 1. The minimum Gasteiger partial charge on any atom is -0.496 e. The van der Waals surface area contributed by atoms with Crippen molar-refractivity contribution in [3.63, 3.8) is 0 Å². The molecule has 20 heavy (non-hydrogen) atoms. The summed E-state index contributed by atoms with van der Waals surface area (Å²) >= 11 is 0. The first-order valence-electron chi connectivity index (χ1n) is 6.86. The molecule has 1 aromatic carbocycles. The monoisotopic (exact) mass is 279 g/mol. The summed E-state index contributed by atoms with van der Waals surface area (Å²) in [7, 11) is 3.42. The average molecular weight is 279 g/mol. The van der Waals surface area contributed by atoms with Gasteiger partial charge in [-0.1, -0.05) is 0 Å². The van der Waals surface area contributed by atoms with Crippen LogP contribution >= 0.6 is 0 Å². The zero-order chi connectivity index (χ0) is 14.5. The van der Waals surface area contributed by atoms with Gasteiger partial charge in [0.2, 0.25) is 0 Å². The number of nitro benzene ring substituents is 1. The third-order valence-corrected chi connectivity index (χ3v) is 3.78. The Morgan fingerprint density at radius 3 is 2.75 bits per heavy atom. The molecule has 0 atom stereocenters. The Balaban J connectivity index is 2.15. The van der Waals surface area contributed by atoms with Crippen LogP contribution in [0.3, 0.4) is 0 Å². The van der Waals surface area contributed by atoms with Gasteiger partial charge >= 0.3 is 0 Å². The van der Waals surface area contributed by atoms with Crippen molar-refractivity contribution in [3.8, 4) is 5.75 Å². The third kappa shape index (κ3) is 3.39. The number of hydrogen-bond acceptors (Lipinski definition) is 5. The van der Waals surface area contributed by atoms with Gasteiger partial charge in [-0.15, -0.1) is 0 Å². The van der Waals surface area contributed by atoms with Crippen LogP contribution in [0.2, 0.25) is 0 Å². The summed E-state index contributed by atoms with van der Waals surface area (Å²) in [6.45, 7) is 2.90. The maximum absolute atomic E-state index is 11.2. The molecule has 1 aliphatic rings. The quantitative estimate of drug-likeness (QED) is 0.660. The highest BCUT2D eigenvalue weighted by atomic mass is 16.6. The highest BCUT2D eigenvalue weighted by Crippen LogP contribution is 2.32. The minimum atomic E-state index is -0.350. The first-order valence-corrected chi connectivity index (χ1v) is 6.86. The van der Waals surface area contributed by atoms with Crippen molar-refractivity contribution in [2.24, 2.45) is 5.92 Å². The normalized spacial score (nSPS) is 15.9. The molecule has 1 aromatic rings. The van der Waals surface area contributed by atoms with Crippen LogP contribution in [0.5, 0.6) is 5.75 Å². The number of methoxy groups -OCH3 is 1. The fourth-order valence-corrected chi connectivity index (χ4v) is 2.65. The lowest BCUT2D eigenvalue weighted by Crippen LogP contribution is -2.34. The van der Waals surface area contributed by atoms with Crippen molar-refractivity contribution in [1.82, 2.24) is 5.32 Å². The second-order valence-corrected chi connectivity index (χ2v) is 5.19. The molecule has 0 saturated carbocycles. The third-order valence-electron chi connectivity index (χ3n) is 3.78. The highest BCUT2D eigenvalue weighted by molar-refractivity contribution is 5.65. The Labute approximate surface area is 118 Å². The van der Waals surface area contributed by atoms with E-state index >= 15 is 0 Å². The summed E-state index contributed by atoms with van der Waals surface area (Å²) in [4.78, 5) is 12.8. The number of ether oxygens (including phenoxy) is 1. The molecular weight excluding hydrogens is 258 g/mol. The molecule has 0 aliphatic carbocycles. The van der Waals surface area contributed by atoms with Gasteiger partial charge in [-0.3, -0.25) is 10.1 Å². The summed E-state index contributed by atoms with van der Waals surface area (Å²) in [6, 6.07) is 5.01. The van der Waals surface area contributed by atoms with Crippen LogP contribution in [0.4, 0.5) is 11.4 Å². The summed E-state index contributed by atoms with van der Waals surface area (Å²) in [5, 5.41) is 14.5. The molecule has 0 unspecified atom stereocenters. The first kappa shape index (κ1) is 14.6. The van der Waals surface area contributed by atoms with Gasteiger partial charge in [0.05, 0.1) is 18.1 Å². The van der Waals surface area contributed by atoms with Crippen molar-refractivity contribution >= 4 is 11.4 Å². The molecule has 0 spiro atoms. The summed E-state index contributed by atoms with van der Waals surface area (Å²) in [6.07, 6.45) is 2.24. The molecule has 1 heterocycles. The fourth-order valence-electron chi connectivity index (χ4n) is 2.65. The molecule has 2 rings (SSSR count). The molecule has 0 aromatic heterocycles. The zero-order valence-corrected chi connectivity index (χ0v) is 12.0. The standard InChI is InChI=1S/C14H21N3O3/c1-16(10-11-5-7-15-8-6-11)13-4-3-12(20-2)9-14(13)17(18)19/h3-4,9,11,15H,5-8,10H2,1-2H3. The van der Waals surface area contributed by atoms with Gasteiger partial charge in [-0.25, -0.2) is 0 Å². The molecule has 1 aliphatic heterocycles. The maximum Gasteiger partial charge on any atom is 0.296 e. The number of nitrogens with one attached hydrogen (secondary N) is 1. The number of piperidine rings is 1. The van der Waals surface area contributed by atoms with Crippen molar-refractivity contribution < 1.29 is 9.66 Å². The molecule has 110 valence electrons. The second-order valence-electron chi connectivity index (χ2n) is 5.19. The lowest BCUT2D eigenvalue weighted by molar-refractivity contribution is -0.384. The topological polar surface area (TPSA) is 67.6 Å². The van der Waals surface area contributed by atoms with E-state index in [0.717, 1.165) is 32.5 Å². The molecule has 0 radical (unpaired) electrons. The molecule has 6 heteroatoms. The van der Waals surface area contributed by atoms with Crippen molar-refractivity contribution in [2.75, 3.05) is 38.7 Å². The van der Waals surface area contributed by atoms with Crippen LogP contribution in [0.15, 0.2) is 18.2 Å². The summed E-state index contributed by atoms with van der Waals surface area (Å²) in [5.74, 6) is 1.10. The van der Waals surface area contributed by atoms with Crippen LogP contribution < -0.4 is 15.0 Å². The van der Waals surface area contributed by atoms with E-state index in [1.165, 1.54) is 13.2 Å². The number of nitrogens with zero attached hydrogens (tertiary/aromatic N) is 2. The first-order chi connectivity index (χ1) is 9.61. The van der Waals surface area contributed by atoms with Crippen molar-refractivity contribution in [1.29, 1.82) is 0 Å². The van der Waals surface area contributed by atoms with Gasteiger partial charge in [-0.05, 0) is 44.0 Å². The van der Waals surface area contributed by atoms with E-state index in [2.05, 4.69) is 5.32 Å². The Hall–Kier alpha value is -1.82. The van der Waals surface area contributed by atoms with Gasteiger partial charge in [0.1, 0.15) is 11.4 Å². The van der Waals surface area contributed by atoms with E-state index in [4.69, 9.17) is 4.74 Å². The minimum absolute atomic E-state index is 0.0979. The Morgan fingerprint density at radius 2 is 2.15 bits per heavy atom. The molecular formula is C14H21N3O3. The van der Waals surface area contributed by atoms with Gasteiger partial charge < -0.3 is 15.0 Å². The van der Waals surface area contributed by atoms with E-state index < -0.39 is 0 Å². The summed E-state index contributed by atoms with van der Waals surface area (Å²) < 4.78 is 5.06. The highest BCUT2D eigenvalue weighted by Gasteiger charge is 2.21. The maximum atomic E-state index is 11.2. The Kier molecular flexibility index (Phi) is 4.79. The van der Waals surface area contributed by atoms with Crippen LogP contribution in [0.1, 0.15) is 12.8 Å². The van der Waals surface area contributed by atoms with Gasteiger partial charge in [-0.2, -0.15) is 0 Å². The van der Waals surface area contributed by atoms with E-state index in [1.807, 2.05) is 11.9 Å². The van der Waals surface area contributed by atoms with Crippen LogP contribution in [0, 0.1) is 16.0 Å². The average Bonchev–Trinajstić information content (AvgIpc) is 2.47. The summed E-state index contributed by atoms with van der Waals surface area (Å²) in [5.41, 5.74) is 0.745. The number of anilines is 1. The zero-order valence-electron chi connectivity index (χ0n) is 12.0. The second kappa shape index (κ2) is 6.56. The number of rotatable bonds is 5. The van der Waals surface area contributed by atoms with Crippen molar-refractivity contribution in [3.05, 3.63) is 28.3 Å². The van der Waals surface area contributed by atoms with Crippen LogP contribution in [-0.2, 0) is 0 Å². The SMILES string of the molecule is COc1ccc(N(C)CC2CCNCC2)c([N+](=O)[O-])c1. The molecule has 1 saturated heterocycles. The van der Waals surface area contributed by atoms with Gasteiger partial charge in [0.25, 0.3) is 5.69 Å². The van der Waals surface area contributed by atoms with Gasteiger partial charge in [0, 0.05) is 13.6 Å². The molecule has 0 bridgehead atoms. The number of benzene rings is 1. The molecule has 1 N–H and O–H groups in total. The van der Waals surface area contributed by atoms with Crippen LogP contribution in [-0.4, -0.2) is 38.7 Å². The number of hydrogen-bond donors (Lipinski definition) is 1.